The number of carbonyl (C=O) groups excluding carboxylic acids is 1. The Hall–Kier alpha value is -2.97. The fourth-order valence-electron chi connectivity index (χ4n) is 5.31. The molecule has 11 nitrogen and oxygen atoms in total. The van der Waals surface area contributed by atoms with Crippen molar-refractivity contribution in [2.45, 2.75) is 50.5 Å². The van der Waals surface area contributed by atoms with Crippen LogP contribution in [0, 0.1) is 0 Å². The van der Waals surface area contributed by atoms with E-state index in [0.717, 1.165) is 5.56 Å². The molecule has 2 aromatic rings. The maximum Gasteiger partial charge on any atom is 0.412 e. The number of hydrogen-bond acceptors (Lipinski definition) is 10. The Morgan fingerprint density at radius 1 is 1.21 bits per heavy atom. The Kier molecular flexibility index (Phi) is 7.60. The number of anilines is 3. The van der Waals surface area contributed by atoms with Crippen LogP contribution in [0.1, 0.15) is 25.8 Å². The van der Waals surface area contributed by atoms with Gasteiger partial charge in [0, 0.05) is 49.7 Å². The molecule has 0 aliphatic carbocycles. The molecule has 3 atom stereocenters. The van der Waals surface area contributed by atoms with Crippen molar-refractivity contribution < 1.29 is 22.7 Å². The topological polar surface area (TPSA) is 140 Å². The van der Waals surface area contributed by atoms with Gasteiger partial charge in [-0.15, -0.1) is 12.4 Å². The van der Waals surface area contributed by atoms with Crippen LogP contribution in [0.3, 0.4) is 0 Å². The smallest absolute Gasteiger partial charge is 0.377 e. The van der Waals surface area contributed by atoms with Crippen molar-refractivity contribution in [1.29, 1.82) is 0 Å². The first kappa shape index (κ1) is 28.0. The molecular weight excluding hydrogens is 527 g/mol. The Labute approximate surface area is 224 Å². The van der Waals surface area contributed by atoms with Crippen LogP contribution in [0.15, 0.2) is 12.4 Å². The summed E-state index contributed by atoms with van der Waals surface area (Å²) in [5.74, 6) is 0.272. The van der Waals surface area contributed by atoms with E-state index in [0.29, 0.717) is 62.2 Å². The third-order valence-electron chi connectivity index (χ3n) is 7.42. The Morgan fingerprint density at radius 2 is 1.92 bits per heavy atom. The molecule has 5 rings (SSSR count). The molecule has 3 aliphatic heterocycles. The van der Waals surface area contributed by atoms with E-state index in [1.54, 1.807) is 12.4 Å². The number of morpholine rings is 1. The van der Waals surface area contributed by atoms with Gasteiger partial charge in [0.25, 0.3) is 0 Å². The van der Waals surface area contributed by atoms with Crippen molar-refractivity contribution >= 4 is 36.0 Å². The third kappa shape index (κ3) is 5.04. The molecule has 15 heteroatoms. The van der Waals surface area contributed by atoms with Gasteiger partial charge in [-0.2, -0.15) is 18.2 Å². The van der Waals surface area contributed by atoms with Crippen LogP contribution < -0.4 is 21.3 Å². The monoisotopic (exact) mass is 557 g/mol. The molecule has 3 aliphatic rings. The first-order valence-electron chi connectivity index (χ1n) is 12.2. The third-order valence-corrected chi connectivity index (χ3v) is 7.42. The molecule has 0 spiro atoms. The second kappa shape index (κ2) is 10.3. The van der Waals surface area contributed by atoms with Gasteiger partial charge in [-0.05, 0) is 26.7 Å². The van der Waals surface area contributed by atoms with Crippen LogP contribution in [0.5, 0.6) is 0 Å². The van der Waals surface area contributed by atoms with Crippen LogP contribution in [-0.2, 0) is 16.0 Å². The number of amides is 1. The summed E-state index contributed by atoms with van der Waals surface area (Å²) >= 11 is 0. The van der Waals surface area contributed by atoms with Crippen molar-refractivity contribution in [1.82, 2.24) is 24.8 Å². The molecule has 38 heavy (non-hydrogen) atoms. The predicted molar refractivity (Wildman–Crippen MR) is 137 cm³/mol. The maximum atomic E-state index is 13.1. The summed E-state index contributed by atoms with van der Waals surface area (Å²) in [7, 11) is 0. The fraction of sp³-hybridized carbons (Fsp3) is 0.609. The number of nitrogens with zero attached hydrogens (tertiary/aromatic N) is 7. The van der Waals surface area contributed by atoms with E-state index in [4.69, 9.17) is 26.2 Å². The van der Waals surface area contributed by atoms with E-state index in [1.165, 1.54) is 4.90 Å². The van der Waals surface area contributed by atoms with Gasteiger partial charge in [-0.3, -0.25) is 4.79 Å². The fourth-order valence-corrected chi connectivity index (χ4v) is 5.31. The molecule has 4 N–H and O–H groups in total. The first-order chi connectivity index (χ1) is 17.5. The SMILES string of the molecule is C[C@H]1COCCN1c1nc(-c2cnc(N)nc2)c2c(n1)N([C@@]1(C)CCN(C(=O)[C@@H](N)C(F)(F)F)C1)CC2.Cl. The zero-order chi connectivity index (χ0) is 26.5. The summed E-state index contributed by atoms with van der Waals surface area (Å²) in [4.78, 5) is 36.0. The maximum absolute atomic E-state index is 13.1. The molecule has 0 aromatic carbocycles. The molecule has 2 saturated heterocycles. The van der Waals surface area contributed by atoms with Crippen LogP contribution in [0.2, 0.25) is 0 Å². The van der Waals surface area contributed by atoms with Gasteiger partial charge in [0.2, 0.25) is 17.8 Å². The van der Waals surface area contributed by atoms with Crippen molar-refractivity contribution in [2.24, 2.45) is 5.73 Å². The van der Waals surface area contributed by atoms with Crippen molar-refractivity contribution in [3.63, 3.8) is 0 Å². The number of halogens is 4. The Balaban J connectivity index is 0.00000336. The van der Waals surface area contributed by atoms with Gasteiger partial charge >= 0.3 is 6.18 Å². The first-order valence-corrected chi connectivity index (χ1v) is 12.2. The van der Waals surface area contributed by atoms with E-state index in [2.05, 4.69) is 19.8 Å². The number of aromatic nitrogens is 4. The standard InChI is InChI=1S/C23H30F3N9O2.ClH/c1-13-11-37-8-7-34(13)21-31-16(14-9-29-20(28)30-10-14)15-3-5-35(18(15)32-21)22(2)4-6-33(12-22)19(36)17(27)23(24,25)26;/h9-10,13,17H,3-8,11-12,27H2,1-2H3,(H2,28,29,30);1H/t13-,17+,22-;/m0./s1. The Bertz CT molecular complexity index is 1190. The number of carbonyl (C=O) groups is 1. The van der Waals surface area contributed by atoms with E-state index in [9.17, 15) is 18.0 Å². The number of nitrogens with two attached hydrogens (primary N) is 2. The number of hydrogen-bond donors (Lipinski definition) is 2. The highest BCUT2D eigenvalue weighted by atomic mass is 35.5. The summed E-state index contributed by atoms with van der Waals surface area (Å²) in [6.07, 6.45) is -0.439. The highest BCUT2D eigenvalue weighted by Crippen LogP contribution is 2.42. The highest BCUT2D eigenvalue weighted by molar-refractivity contribution is 5.85. The van der Waals surface area contributed by atoms with E-state index in [1.807, 2.05) is 13.8 Å². The molecule has 2 aromatic heterocycles. The number of alkyl halides is 3. The van der Waals surface area contributed by atoms with Gasteiger partial charge in [-0.25, -0.2) is 15.0 Å². The summed E-state index contributed by atoms with van der Waals surface area (Å²) in [6, 6.07) is -2.48. The lowest BCUT2D eigenvalue weighted by atomic mass is 9.99. The van der Waals surface area contributed by atoms with Gasteiger partial charge < -0.3 is 30.9 Å². The summed E-state index contributed by atoms with van der Waals surface area (Å²) in [5, 5.41) is 0. The number of fused-ring (bicyclic) bond motifs is 1. The predicted octanol–water partition coefficient (Wildman–Crippen LogP) is 1.41. The minimum atomic E-state index is -4.79. The van der Waals surface area contributed by atoms with Crippen LogP contribution in [0.4, 0.5) is 30.9 Å². The summed E-state index contributed by atoms with van der Waals surface area (Å²) in [5.41, 5.74) is 12.6. The lowest BCUT2D eigenvalue weighted by Crippen LogP contribution is -2.54. The van der Waals surface area contributed by atoms with E-state index in [-0.39, 0.29) is 37.5 Å². The van der Waals surface area contributed by atoms with Gasteiger partial charge in [0.1, 0.15) is 5.82 Å². The van der Waals surface area contributed by atoms with E-state index >= 15 is 0 Å². The van der Waals surface area contributed by atoms with Gasteiger partial charge in [0.15, 0.2) is 6.04 Å². The largest absolute Gasteiger partial charge is 0.412 e. The number of likely N-dealkylation sites (tertiary alicyclic amines) is 1. The molecule has 0 saturated carbocycles. The molecule has 0 unspecified atom stereocenters. The normalized spacial score (nSPS) is 24.3. The summed E-state index contributed by atoms with van der Waals surface area (Å²) in [6.45, 7) is 6.56. The minimum Gasteiger partial charge on any atom is -0.377 e. The van der Waals surface area contributed by atoms with Gasteiger partial charge in [0.05, 0.1) is 30.5 Å². The number of nitrogen functional groups attached to an aromatic ring is 1. The number of ether oxygens (including phenoxy) is 1. The van der Waals surface area contributed by atoms with E-state index < -0.39 is 23.7 Å². The lowest BCUT2D eigenvalue weighted by molar-refractivity contribution is -0.169. The van der Waals surface area contributed by atoms with Crippen molar-refractivity contribution in [3.8, 4) is 11.3 Å². The quantitative estimate of drug-likeness (QED) is 0.567. The second-order valence-electron chi connectivity index (χ2n) is 10.0. The second-order valence-corrected chi connectivity index (χ2v) is 10.0. The molecule has 1 amide bonds. The van der Waals surface area contributed by atoms with Crippen molar-refractivity contribution in [2.75, 3.05) is 54.9 Å². The van der Waals surface area contributed by atoms with Crippen LogP contribution >= 0.6 is 12.4 Å². The average Bonchev–Trinajstić information content (AvgIpc) is 3.47. The molecule has 0 bridgehead atoms. The average molecular weight is 558 g/mol. The zero-order valence-electron chi connectivity index (χ0n) is 21.1. The molecular formula is C23H31ClF3N9O2. The molecule has 2 fully saturated rings. The highest BCUT2D eigenvalue weighted by Gasteiger charge is 2.49. The van der Waals surface area contributed by atoms with Crippen molar-refractivity contribution in [3.05, 3.63) is 18.0 Å². The van der Waals surface area contributed by atoms with Crippen LogP contribution in [-0.4, -0.2) is 93.9 Å². The van der Waals surface area contributed by atoms with Gasteiger partial charge in [-0.1, -0.05) is 0 Å². The lowest BCUT2D eigenvalue weighted by Gasteiger charge is -2.38. The van der Waals surface area contributed by atoms with Crippen LogP contribution in [0.25, 0.3) is 11.3 Å². The number of rotatable bonds is 4. The molecule has 0 radical (unpaired) electrons. The minimum absolute atomic E-state index is 0. The molecule has 5 heterocycles. The Morgan fingerprint density at radius 3 is 2.58 bits per heavy atom. The summed E-state index contributed by atoms with van der Waals surface area (Å²) < 4.78 is 44.9. The molecule has 208 valence electrons. The zero-order valence-corrected chi connectivity index (χ0v) is 21.9.